The summed E-state index contributed by atoms with van der Waals surface area (Å²) in [5.41, 5.74) is 0.985. The molecular formula is C15H21BrN2O3S. The quantitative estimate of drug-likeness (QED) is 0.860. The molecule has 0 bridgehead atoms. The maximum atomic E-state index is 12.5. The van der Waals surface area contributed by atoms with Crippen LogP contribution in [-0.2, 0) is 14.8 Å². The van der Waals surface area contributed by atoms with Crippen molar-refractivity contribution in [2.24, 2.45) is 0 Å². The van der Waals surface area contributed by atoms with E-state index in [4.69, 9.17) is 0 Å². The van der Waals surface area contributed by atoms with Gasteiger partial charge >= 0.3 is 0 Å². The third kappa shape index (κ3) is 4.30. The summed E-state index contributed by atoms with van der Waals surface area (Å²) in [5.74, 6) is -0.222. The molecular weight excluding hydrogens is 368 g/mol. The second-order valence-corrected chi connectivity index (χ2v) is 8.52. The summed E-state index contributed by atoms with van der Waals surface area (Å²) in [5, 5.41) is 2.93. The molecule has 1 saturated heterocycles. The number of piperidine rings is 1. The van der Waals surface area contributed by atoms with Crippen LogP contribution >= 0.6 is 15.9 Å². The van der Waals surface area contributed by atoms with Gasteiger partial charge in [-0.2, -0.15) is 4.31 Å². The van der Waals surface area contributed by atoms with Crippen LogP contribution in [0.5, 0.6) is 0 Å². The highest BCUT2D eigenvalue weighted by atomic mass is 79.9. The van der Waals surface area contributed by atoms with Crippen LogP contribution < -0.4 is 5.32 Å². The van der Waals surface area contributed by atoms with Crippen molar-refractivity contribution < 1.29 is 13.2 Å². The van der Waals surface area contributed by atoms with Crippen LogP contribution in [0.4, 0.5) is 0 Å². The predicted octanol–water partition coefficient (Wildman–Crippen LogP) is 2.44. The van der Waals surface area contributed by atoms with Gasteiger partial charge in [0.15, 0.2) is 0 Å². The summed E-state index contributed by atoms with van der Waals surface area (Å²) < 4.78 is 26.0. The molecule has 1 N–H and O–H groups in total. The summed E-state index contributed by atoms with van der Waals surface area (Å²) in [7, 11) is -3.36. The van der Waals surface area contributed by atoms with Crippen LogP contribution in [-0.4, -0.2) is 37.5 Å². The van der Waals surface area contributed by atoms with E-state index in [-0.39, 0.29) is 11.9 Å². The maximum absolute atomic E-state index is 12.5. The molecule has 0 radical (unpaired) electrons. The van der Waals surface area contributed by atoms with Crippen molar-refractivity contribution in [2.45, 2.75) is 38.3 Å². The van der Waals surface area contributed by atoms with Crippen molar-refractivity contribution in [3.63, 3.8) is 0 Å². The van der Waals surface area contributed by atoms with Crippen molar-refractivity contribution in [3.8, 4) is 0 Å². The molecule has 2 unspecified atom stereocenters. The number of nitrogens with zero attached hydrogens (tertiary/aromatic N) is 1. The van der Waals surface area contributed by atoms with E-state index in [1.165, 1.54) is 4.31 Å². The molecule has 1 amide bonds. The van der Waals surface area contributed by atoms with E-state index < -0.39 is 16.1 Å². The smallest absolute Gasteiger partial charge is 0.238 e. The van der Waals surface area contributed by atoms with Gasteiger partial charge in [-0.3, -0.25) is 4.79 Å². The summed E-state index contributed by atoms with van der Waals surface area (Å²) in [6.45, 7) is 2.32. The molecule has 0 spiro atoms. The minimum Gasteiger partial charge on any atom is -0.348 e. The van der Waals surface area contributed by atoms with Crippen molar-refractivity contribution in [1.82, 2.24) is 9.62 Å². The van der Waals surface area contributed by atoms with Crippen LogP contribution in [0.25, 0.3) is 0 Å². The summed E-state index contributed by atoms with van der Waals surface area (Å²) in [4.78, 5) is 12.5. The highest BCUT2D eigenvalue weighted by Gasteiger charge is 2.34. The van der Waals surface area contributed by atoms with E-state index in [0.717, 1.165) is 29.1 Å². The number of hydrogen-bond donors (Lipinski definition) is 1. The van der Waals surface area contributed by atoms with Crippen LogP contribution in [0.2, 0.25) is 0 Å². The zero-order valence-electron chi connectivity index (χ0n) is 12.8. The molecule has 0 aliphatic carbocycles. The average molecular weight is 389 g/mol. The third-order valence-electron chi connectivity index (χ3n) is 3.91. The Hall–Kier alpha value is -0.920. The largest absolute Gasteiger partial charge is 0.348 e. The van der Waals surface area contributed by atoms with Gasteiger partial charge in [0, 0.05) is 11.0 Å². The van der Waals surface area contributed by atoms with Gasteiger partial charge in [-0.15, -0.1) is 0 Å². The predicted molar refractivity (Wildman–Crippen MR) is 89.9 cm³/mol. The molecule has 2 atom stereocenters. The first-order valence-corrected chi connectivity index (χ1v) is 9.96. The molecule has 1 aromatic carbocycles. The normalized spacial score (nSPS) is 21.3. The fourth-order valence-corrected chi connectivity index (χ4v) is 4.10. The Morgan fingerprint density at radius 3 is 2.55 bits per heavy atom. The molecule has 0 aromatic heterocycles. The Kier molecular flexibility index (Phi) is 5.63. The van der Waals surface area contributed by atoms with E-state index in [2.05, 4.69) is 21.2 Å². The first-order valence-electron chi connectivity index (χ1n) is 7.31. The van der Waals surface area contributed by atoms with Crippen molar-refractivity contribution in [2.75, 3.05) is 12.8 Å². The average Bonchev–Trinajstić information content (AvgIpc) is 2.47. The SMILES string of the molecule is CC(NC(=O)C1CCCCN1S(C)(=O)=O)c1ccc(Br)cc1. The molecule has 1 aliphatic heterocycles. The van der Waals surface area contributed by atoms with E-state index in [9.17, 15) is 13.2 Å². The van der Waals surface area contributed by atoms with Crippen LogP contribution in [0.1, 0.15) is 37.8 Å². The number of carbonyl (C=O) groups is 1. The molecule has 1 fully saturated rings. The Balaban J connectivity index is 2.08. The number of nitrogens with one attached hydrogen (secondary N) is 1. The van der Waals surface area contributed by atoms with Gasteiger partial charge in [-0.25, -0.2) is 8.42 Å². The fraction of sp³-hybridized carbons (Fsp3) is 0.533. The van der Waals surface area contributed by atoms with E-state index in [1.807, 2.05) is 31.2 Å². The number of amides is 1. The van der Waals surface area contributed by atoms with Crippen LogP contribution in [0.15, 0.2) is 28.7 Å². The number of hydrogen-bond acceptors (Lipinski definition) is 3. The van der Waals surface area contributed by atoms with Gasteiger partial charge in [0.2, 0.25) is 15.9 Å². The molecule has 1 aliphatic rings. The second kappa shape index (κ2) is 7.10. The molecule has 122 valence electrons. The van der Waals surface area contributed by atoms with Crippen molar-refractivity contribution in [3.05, 3.63) is 34.3 Å². The molecule has 0 saturated carbocycles. The zero-order valence-corrected chi connectivity index (χ0v) is 15.2. The van der Waals surface area contributed by atoms with E-state index >= 15 is 0 Å². The first-order chi connectivity index (χ1) is 10.3. The topological polar surface area (TPSA) is 66.5 Å². The lowest BCUT2D eigenvalue weighted by Gasteiger charge is -2.33. The minimum atomic E-state index is -3.36. The van der Waals surface area contributed by atoms with Crippen LogP contribution in [0.3, 0.4) is 0 Å². The number of rotatable bonds is 4. The number of benzene rings is 1. The zero-order chi connectivity index (χ0) is 16.3. The lowest BCUT2D eigenvalue weighted by Crippen LogP contribution is -2.51. The Morgan fingerprint density at radius 2 is 1.95 bits per heavy atom. The van der Waals surface area contributed by atoms with E-state index in [1.54, 1.807) is 0 Å². The standard InChI is InChI=1S/C15H21BrN2O3S/c1-11(12-6-8-13(16)9-7-12)17-15(19)14-5-3-4-10-18(14)22(2,20)21/h6-9,11,14H,3-5,10H2,1-2H3,(H,17,19). The molecule has 1 aromatic rings. The Bertz CT molecular complexity index is 631. The molecule has 5 nitrogen and oxygen atoms in total. The molecule has 2 rings (SSSR count). The fourth-order valence-electron chi connectivity index (χ4n) is 2.71. The second-order valence-electron chi connectivity index (χ2n) is 5.67. The summed E-state index contributed by atoms with van der Waals surface area (Å²) in [6, 6.07) is 6.95. The number of carbonyl (C=O) groups excluding carboxylic acids is 1. The Morgan fingerprint density at radius 1 is 1.32 bits per heavy atom. The number of halogens is 1. The Labute approximate surface area is 140 Å². The molecule has 1 heterocycles. The van der Waals surface area contributed by atoms with Gasteiger partial charge in [-0.05, 0) is 37.5 Å². The van der Waals surface area contributed by atoms with Crippen molar-refractivity contribution >= 4 is 31.9 Å². The van der Waals surface area contributed by atoms with Gasteiger partial charge < -0.3 is 5.32 Å². The lowest BCUT2D eigenvalue weighted by molar-refractivity contribution is -0.126. The lowest BCUT2D eigenvalue weighted by atomic mass is 10.0. The molecule has 7 heteroatoms. The summed E-state index contributed by atoms with van der Waals surface area (Å²) in [6.07, 6.45) is 3.42. The highest BCUT2D eigenvalue weighted by Crippen LogP contribution is 2.22. The maximum Gasteiger partial charge on any atom is 0.238 e. The molecule has 22 heavy (non-hydrogen) atoms. The highest BCUT2D eigenvalue weighted by molar-refractivity contribution is 9.10. The van der Waals surface area contributed by atoms with Gasteiger partial charge in [-0.1, -0.05) is 34.5 Å². The monoisotopic (exact) mass is 388 g/mol. The van der Waals surface area contributed by atoms with Gasteiger partial charge in [0.1, 0.15) is 6.04 Å². The van der Waals surface area contributed by atoms with Crippen molar-refractivity contribution in [1.29, 1.82) is 0 Å². The summed E-state index contributed by atoms with van der Waals surface area (Å²) >= 11 is 3.38. The van der Waals surface area contributed by atoms with Crippen LogP contribution in [0, 0.1) is 0 Å². The third-order valence-corrected chi connectivity index (χ3v) is 5.73. The van der Waals surface area contributed by atoms with Gasteiger partial charge in [0.05, 0.1) is 12.3 Å². The van der Waals surface area contributed by atoms with E-state index in [0.29, 0.717) is 13.0 Å². The minimum absolute atomic E-state index is 0.163. The van der Waals surface area contributed by atoms with Gasteiger partial charge in [0.25, 0.3) is 0 Å². The number of sulfonamides is 1. The first kappa shape index (κ1) is 17.4.